The molecule has 0 spiro atoms. The molecule has 4 heteroatoms. The lowest BCUT2D eigenvalue weighted by Gasteiger charge is -2.39. The molecule has 0 radical (unpaired) electrons. The molecule has 0 N–H and O–H groups in total. The highest BCUT2D eigenvalue weighted by Gasteiger charge is 2.36. The minimum atomic E-state index is 0.216. The van der Waals surface area contributed by atoms with E-state index >= 15 is 0 Å². The van der Waals surface area contributed by atoms with Gasteiger partial charge in [-0.3, -0.25) is 4.68 Å². The highest BCUT2D eigenvalue weighted by Crippen LogP contribution is 2.44. The minimum Gasteiger partial charge on any atom is -0.271 e. The summed E-state index contributed by atoms with van der Waals surface area (Å²) >= 11 is 12.8. The monoisotopic (exact) mass is 330 g/mol. The second kappa shape index (κ2) is 7.37. The summed E-state index contributed by atoms with van der Waals surface area (Å²) in [5.74, 6) is 1.64. The van der Waals surface area contributed by atoms with Gasteiger partial charge in [-0.25, -0.2) is 0 Å². The average Bonchev–Trinajstić information content (AvgIpc) is 2.73. The molecule has 0 aliphatic heterocycles. The summed E-state index contributed by atoms with van der Waals surface area (Å²) in [5.41, 5.74) is 2.30. The largest absolute Gasteiger partial charge is 0.271 e. The van der Waals surface area contributed by atoms with Crippen molar-refractivity contribution in [3.63, 3.8) is 0 Å². The van der Waals surface area contributed by atoms with E-state index in [0.717, 1.165) is 34.6 Å². The Morgan fingerprint density at radius 1 is 1.33 bits per heavy atom. The number of halogens is 2. The van der Waals surface area contributed by atoms with Crippen LogP contribution in [0.4, 0.5) is 0 Å². The lowest BCUT2D eigenvalue weighted by atomic mass is 9.68. The van der Waals surface area contributed by atoms with Crippen molar-refractivity contribution in [1.29, 1.82) is 0 Å². The molecule has 1 aliphatic rings. The zero-order chi connectivity index (χ0) is 15.5. The summed E-state index contributed by atoms with van der Waals surface area (Å²) in [6.45, 7) is 4.25. The van der Waals surface area contributed by atoms with E-state index in [1.165, 1.54) is 44.9 Å². The summed E-state index contributed by atoms with van der Waals surface area (Å²) in [6, 6.07) is 0. The van der Waals surface area contributed by atoms with Crippen molar-refractivity contribution < 1.29 is 0 Å². The summed E-state index contributed by atoms with van der Waals surface area (Å²) in [4.78, 5) is 0. The molecule has 0 saturated heterocycles. The molecule has 1 saturated carbocycles. The van der Waals surface area contributed by atoms with E-state index in [9.17, 15) is 0 Å². The first-order chi connectivity index (χ1) is 10.0. The molecule has 1 fully saturated rings. The van der Waals surface area contributed by atoms with Crippen molar-refractivity contribution in [2.24, 2.45) is 18.4 Å². The standard InChI is InChI=1S/C17H28Cl2N2/c1-4-5-6-14-7-9-17(12-18,10-8-14)11-15-16(19)13(2)20-21(15)3/h14H,4-12H2,1-3H3. The Hall–Kier alpha value is -0.210. The van der Waals surface area contributed by atoms with E-state index in [0.29, 0.717) is 0 Å². The number of rotatable bonds is 6. The third-order valence-electron chi connectivity index (χ3n) is 5.22. The Kier molecular flexibility index (Phi) is 6.02. The van der Waals surface area contributed by atoms with Gasteiger partial charge in [0.15, 0.2) is 0 Å². The molecule has 2 rings (SSSR count). The lowest BCUT2D eigenvalue weighted by Crippen LogP contribution is -2.32. The molecule has 1 aromatic rings. The Balaban J connectivity index is 2.03. The second-order valence-electron chi connectivity index (χ2n) is 6.87. The fourth-order valence-corrected chi connectivity index (χ4v) is 4.25. The molecule has 1 aliphatic carbocycles. The Morgan fingerprint density at radius 2 is 2.00 bits per heavy atom. The first-order valence-electron chi connectivity index (χ1n) is 8.25. The first-order valence-corrected chi connectivity index (χ1v) is 9.16. The van der Waals surface area contributed by atoms with Gasteiger partial charge in [-0.15, -0.1) is 11.6 Å². The minimum absolute atomic E-state index is 0.216. The predicted molar refractivity (Wildman–Crippen MR) is 91.3 cm³/mol. The van der Waals surface area contributed by atoms with Crippen LogP contribution in [-0.4, -0.2) is 15.7 Å². The SMILES string of the molecule is CCCCC1CCC(CCl)(Cc2c(Cl)c(C)nn2C)CC1. The van der Waals surface area contributed by atoms with Crippen LogP contribution in [-0.2, 0) is 13.5 Å². The molecule has 0 unspecified atom stereocenters. The van der Waals surface area contributed by atoms with Crippen LogP contribution in [0.5, 0.6) is 0 Å². The topological polar surface area (TPSA) is 17.8 Å². The fourth-order valence-electron chi connectivity index (χ4n) is 3.66. The highest BCUT2D eigenvalue weighted by molar-refractivity contribution is 6.31. The van der Waals surface area contributed by atoms with Gasteiger partial charge in [-0.2, -0.15) is 5.10 Å². The van der Waals surface area contributed by atoms with E-state index in [1.54, 1.807) is 0 Å². The van der Waals surface area contributed by atoms with Gasteiger partial charge in [0.25, 0.3) is 0 Å². The maximum atomic E-state index is 6.42. The number of aryl methyl sites for hydroxylation is 2. The van der Waals surface area contributed by atoms with Gasteiger partial charge in [0.2, 0.25) is 0 Å². The van der Waals surface area contributed by atoms with E-state index in [4.69, 9.17) is 23.2 Å². The van der Waals surface area contributed by atoms with Crippen molar-refractivity contribution >= 4 is 23.2 Å². The molecule has 21 heavy (non-hydrogen) atoms. The van der Waals surface area contributed by atoms with E-state index in [2.05, 4.69) is 12.0 Å². The van der Waals surface area contributed by atoms with Crippen LogP contribution in [0.1, 0.15) is 63.3 Å². The van der Waals surface area contributed by atoms with Crippen molar-refractivity contribution in [2.75, 3.05) is 5.88 Å². The zero-order valence-corrected chi connectivity index (χ0v) is 15.1. The molecule has 0 bridgehead atoms. The smallest absolute Gasteiger partial charge is 0.0847 e. The van der Waals surface area contributed by atoms with Crippen LogP contribution >= 0.6 is 23.2 Å². The van der Waals surface area contributed by atoms with Gasteiger partial charge in [0.1, 0.15) is 0 Å². The molecule has 1 heterocycles. The molecular weight excluding hydrogens is 303 g/mol. The van der Waals surface area contributed by atoms with Crippen molar-refractivity contribution in [2.45, 2.75) is 65.2 Å². The maximum absolute atomic E-state index is 6.42. The number of aromatic nitrogens is 2. The van der Waals surface area contributed by atoms with Crippen LogP contribution in [0.25, 0.3) is 0 Å². The lowest BCUT2D eigenvalue weighted by molar-refractivity contribution is 0.163. The van der Waals surface area contributed by atoms with E-state index in [-0.39, 0.29) is 5.41 Å². The number of hydrogen-bond donors (Lipinski definition) is 0. The summed E-state index contributed by atoms with van der Waals surface area (Å²) < 4.78 is 1.94. The molecule has 1 aromatic heterocycles. The van der Waals surface area contributed by atoms with E-state index in [1.807, 2.05) is 18.7 Å². The Morgan fingerprint density at radius 3 is 2.48 bits per heavy atom. The van der Waals surface area contributed by atoms with Crippen LogP contribution in [0, 0.1) is 18.3 Å². The predicted octanol–water partition coefficient (Wildman–Crippen LogP) is 5.53. The summed E-state index contributed by atoms with van der Waals surface area (Å²) in [5, 5.41) is 5.27. The van der Waals surface area contributed by atoms with Crippen LogP contribution < -0.4 is 0 Å². The van der Waals surface area contributed by atoms with Gasteiger partial charge < -0.3 is 0 Å². The molecule has 0 amide bonds. The number of nitrogens with zero attached hydrogens (tertiary/aromatic N) is 2. The van der Waals surface area contributed by atoms with Crippen molar-refractivity contribution in [3.8, 4) is 0 Å². The van der Waals surface area contributed by atoms with E-state index < -0.39 is 0 Å². The normalized spacial score (nSPS) is 26.2. The molecule has 2 nitrogen and oxygen atoms in total. The van der Waals surface area contributed by atoms with Crippen molar-refractivity contribution in [1.82, 2.24) is 9.78 Å². The van der Waals surface area contributed by atoms with Gasteiger partial charge in [0.05, 0.1) is 16.4 Å². The quantitative estimate of drug-likeness (QED) is 0.627. The molecule has 120 valence electrons. The molecular formula is C17H28Cl2N2. The van der Waals surface area contributed by atoms with Gasteiger partial charge >= 0.3 is 0 Å². The Bertz CT molecular complexity index is 460. The van der Waals surface area contributed by atoms with Crippen molar-refractivity contribution in [3.05, 3.63) is 16.4 Å². The first kappa shape index (κ1) is 17.1. The van der Waals surface area contributed by atoms with Crippen LogP contribution in [0.2, 0.25) is 5.02 Å². The fraction of sp³-hybridized carbons (Fsp3) is 0.824. The Labute approximate surface area is 139 Å². The third kappa shape index (κ3) is 3.96. The highest BCUT2D eigenvalue weighted by atomic mass is 35.5. The molecule has 0 aromatic carbocycles. The second-order valence-corrected chi connectivity index (χ2v) is 7.51. The summed E-state index contributed by atoms with van der Waals surface area (Å²) in [7, 11) is 1.99. The maximum Gasteiger partial charge on any atom is 0.0847 e. The summed E-state index contributed by atoms with van der Waals surface area (Å²) in [6.07, 6.45) is 10.1. The van der Waals surface area contributed by atoms with Crippen LogP contribution in [0.15, 0.2) is 0 Å². The van der Waals surface area contributed by atoms with Gasteiger partial charge in [-0.1, -0.05) is 37.8 Å². The molecule has 0 atom stereocenters. The van der Waals surface area contributed by atoms with Gasteiger partial charge in [0, 0.05) is 12.9 Å². The number of unbranched alkanes of at least 4 members (excludes halogenated alkanes) is 1. The number of hydrogen-bond acceptors (Lipinski definition) is 1. The number of alkyl halides is 1. The average molecular weight is 331 g/mol. The third-order valence-corrected chi connectivity index (χ3v) is 6.28. The zero-order valence-electron chi connectivity index (χ0n) is 13.6. The van der Waals surface area contributed by atoms with Gasteiger partial charge in [-0.05, 0) is 50.4 Å². The van der Waals surface area contributed by atoms with Crippen LogP contribution in [0.3, 0.4) is 0 Å².